The molecule has 121 valence electrons. The number of benzene rings is 1. The molecule has 0 bridgehead atoms. The van der Waals surface area contributed by atoms with Crippen LogP contribution in [0.5, 0.6) is 0 Å². The van der Waals surface area contributed by atoms with Crippen LogP contribution in [-0.2, 0) is 20.1 Å². The Balaban J connectivity index is 0.000000167. The maximum atomic E-state index is 4.22. The van der Waals surface area contributed by atoms with Crippen molar-refractivity contribution in [2.45, 2.75) is 0 Å². The molecule has 3 heterocycles. The Kier molecular flexibility index (Phi) is 7.02. The smallest absolute Gasteiger partial charge is 0.0493 e. The van der Waals surface area contributed by atoms with Crippen LogP contribution < -0.4 is 5.10 Å². The summed E-state index contributed by atoms with van der Waals surface area (Å²) in [5.41, 5.74) is 3.70. The van der Waals surface area contributed by atoms with Crippen molar-refractivity contribution in [1.82, 2.24) is 20.2 Å². The third kappa shape index (κ3) is 4.95. The first-order valence-electron chi connectivity index (χ1n) is 7.17. The molecule has 1 radical (unpaired) electrons. The summed E-state index contributed by atoms with van der Waals surface area (Å²) in [7, 11) is 0. The van der Waals surface area contributed by atoms with E-state index in [9.17, 15) is 0 Å². The second kappa shape index (κ2) is 9.50. The largest absolute Gasteiger partial charge is 0.574 e. The van der Waals surface area contributed by atoms with E-state index >= 15 is 0 Å². The van der Waals surface area contributed by atoms with E-state index in [0.29, 0.717) is 0 Å². The van der Waals surface area contributed by atoms with Crippen molar-refractivity contribution in [3.8, 4) is 22.6 Å². The van der Waals surface area contributed by atoms with Gasteiger partial charge in [-0.1, -0.05) is 30.0 Å². The second-order valence-electron chi connectivity index (χ2n) is 4.62. The minimum absolute atomic E-state index is 0. The predicted molar refractivity (Wildman–Crippen MR) is 89.3 cm³/mol. The molecular weight excluding hydrogens is 476 g/mol. The van der Waals surface area contributed by atoms with Crippen LogP contribution >= 0.6 is 0 Å². The summed E-state index contributed by atoms with van der Waals surface area (Å²) < 4.78 is 0. The molecule has 24 heavy (non-hydrogen) atoms. The van der Waals surface area contributed by atoms with E-state index in [-0.39, 0.29) is 20.1 Å². The summed E-state index contributed by atoms with van der Waals surface area (Å²) in [6.45, 7) is 0. The predicted octanol–water partition coefficient (Wildman–Crippen LogP) is 3.65. The number of pyridine rings is 2. The van der Waals surface area contributed by atoms with Gasteiger partial charge in [-0.15, -0.1) is 35.9 Å². The standard InChI is InChI=1S/C11H8N.C8H6N3.Ir/c1-2-6-10(7-3-1)11-8-4-5-9-12-11;1-2-5-9-7(3-1)8-4-6-10-11-8;/h1-6,8-9H;1-6H;/q2*-1;. The van der Waals surface area contributed by atoms with Gasteiger partial charge in [-0.3, -0.25) is 4.98 Å². The minimum atomic E-state index is 0. The fourth-order valence-electron chi connectivity index (χ4n) is 1.96. The maximum Gasteiger partial charge on any atom is 0.0493 e. The summed E-state index contributed by atoms with van der Waals surface area (Å²) in [5, 5.41) is 7.58. The van der Waals surface area contributed by atoms with E-state index in [1.807, 2.05) is 66.7 Å². The van der Waals surface area contributed by atoms with Gasteiger partial charge in [0.2, 0.25) is 0 Å². The Labute approximate surface area is 154 Å². The van der Waals surface area contributed by atoms with E-state index in [2.05, 4.69) is 26.2 Å². The van der Waals surface area contributed by atoms with Gasteiger partial charge in [0.1, 0.15) is 0 Å². The van der Waals surface area contributed by atoms with Gasteiger partial charge in [0.05, 0.1) is 0 Å². The zero-order valence-corrected chi connectivity index (χ0v) is 15.1. The molecule has 0 spiro atoms. The summed E-state index contributed by atoms with van der Waals surface area (Å²) in [6, 6.07) is 24.4. The molecular formula is C19H14IrN4-2. The maximum absolute atomic E-state index is 4.22. The van der Waals surface area contributed by atoms with Crippen LogP contribution in [0.25, 0.3) is 22.6 Å². The van der Waals surface area contributed by atoms with Gasteiger partial charge in [-0.25, -0.2) is 0 Å². The van der Waals surface area contributed by atoms with Crippen LogP contribution in [-0.4, -0.2) is 15.1 Å². The van der Waals surface area contributed by atoms with Crippen molar-refractivity contribution in [2.75, 3.05) is 0 Å². The fourth-order valence-corrected chi connectivity index (χ4v) is 1.96. The Morgan fingerprint density at radius 3 is 1.96 bits per heavy atom. The van der Waals surface area contributed by atoms with Crippen molar-refractivity contribution >= 4 is 0 Å². The molecule has 0 atom stereocenters. The minimum Gasteiger partial charge on any atom is -0.574 e. The number of nitrogens with zero attached hydrogens (tertiary/aromatic N) is 4. The SMILES string of the molecule is [Ir].[c-]1ccccc1-c1ccccn1.c1ccc(-c2ccn[n-]2)nc1. The van der Waals surface area contributed by atoms with E-state index in [1.165, 1.54) is 0 Å². The average molecular weight is 491 g/mol. The Morgan fingerprint density at radius 2 is 1.42 bits per heavy atom. The van der Waals surface area contributed by atoms with Crippen LogP contribution in [0.2, 0.25) is 0 Å². The Bertz CT molecular complexity index is 766. The Morgan fingerprint density at radius 1 is 0.708 bits per heavy atom. The fraction of sp³-hybridized carbons (Fsp3) is 0. The molecule has 0 saturated carbocycles. The van der Waals surface area contributed by atoms with E-state index in [0.717, 1.165) is 22.6 Å². The first kappa shape index (κ1) is 17.7. The van der Waals surface area contributed by atoms with Crippen molar-refractivity contribution in [2.24, 2.45) is 0 Å². The van der Waals surface area contributed by atoms with Gasteiger partial charge in [0, 0.05) is 44.4 Å². The van der Waals surface area contributed by atoms with Crippen molar-refractivity contribution < 1.29 is 20.1 Å². The van der Waals surface area contributed by atoms with Gasteiger partial charge in [0.25, 0.3) is 0 Å². The van der Waals surface area contributed by atoms with E-state index in [1.54, 1.807) is 18.6 Å². The zero-order valence-electron chi connectivity index (χ0n) is 12.7. The van der Waals surface area contributed by atoms with Crippen molar-refractivity contribution in [3.63, 3.8) is 0 Å². The normalized spacial score (nSPS) is 9.33. The third-order valence-corrected chi connectivity index (χ3v) is 3.04. The Hall–Kier alpha value is -2.62. The summed E-state index contributed by atoms with van der Waals surface area (Å²) in [4.78, 5) is 8.34. The summed E-state index contributed by atoms with van der Waals surface area (Å²) in [6.07, 6.45) is 5.18. The van der Waals surface area contributed by atoms with Crippen LogP contribution in [0.3, 0.4) is 0 Å². The molecule has 0 N–H and O–H groups in total. The third-order valence-electron chi connectivity index (χ3n) is 3.04. The molecule has 4 nitrogen and oxygen atoms in total. The van der Waals surface area contributed by atoms with Gasteiger partial charge in [-0.2, -0.15) is 0 Å². The van der Waals surface area contributed by atoms with Crippen molar-refractivity contribution in [1.29, 1.82) is 0 Å². The van der Waals surface area contributed by atoms with Crippen LogP contribution in [0, 0.1) is 6.07 Å². The van der Waals surface area contributed by atoms with Gasteiger partial charge in [0.15, 0.2) is 0 Å². The number of hydrogen-bond donors (Lipinski definition) is 0. The summed E-state index contributed by atoms with van der Waals surface area (Å²) >= 11 is 0. The quantitative estimate of drug-likeness (QED) is 0.403. The molecule has 1 aromatic carbocycles. The molecule has 0 aliphatic carbocycles. The first-order chi connectivity index (χ1) is 11.4. The van der Waals surface area contributed by atoms with Crippen LogP contribution in [0.15, 0.2) is 85.3 Å². The molecule has 3 aromatic heterocycles. The van der Waals surface area contributed by atoms with Crippen LogP contribution in [0.1, 0.15) is 0 Å². The number of hydrogen-bond acceptors (Lipinski definition) is 3. The average Bonchev–Trinajstić information content (AvgIpc) is 3.19. The molecule has 0 fully saturated rings. The van der Waals surface area contributed by atoms with Crippen molar-refractivity contribution in [3.05, 3.63) is 91.4 Å². The monoisotopic (exact) mass is 491 g/mol. The molecule has 4 rings (SSSR count). The topological polar surface area (TPSA) is 52.8 Å². The number of aromatic nitrogens is 4. The molecule has 0 aliphatic rings. The van der Waals surface area contributed by atoms with Gasteiger partial charge in [-0.05, 0) is 23.9 Å². The first-order valence-corrected chi connectivity index (χ1v) is 7.17. The molecule has 5 heteroatoms. The molecule has 0 amide bonds. The molecule has 0 aliphatic heterocycles. The summed E-state index contributed by atoms with van der Waals surface area (Å²) in [5.74, 6) is 0. The second-order valence-corrected chi connectivity index (χ2v) is 4.62. The van der Waals surface area contributed by atoms with E-state index < -0.39 is 0 Å². The molecule has 4 aromatic rings. The molecule has 0 saturated heterocycles. The van der Waals surface area contributed by atoms with Gasteiger partial charge < -0.3 is 15.2 Å². The van der Waals surface area contributed by atoms with E-state index in [4.69, 9.17) is 0 Å². The molecule has 0 unspecified atom stereocenters. The number of rotatable bonds is 2. The van der Waals surface area contributed by atoms with Gasteiger partial charge >= 0.3 is 0 Å². The zero-order chi connectivity index (χ0) is 15.7. The van der Waals surface area contributed by atoms with Crippen LogP contribution in [0.4, 0.5) is 0 Å².